The Labute approximate surface area is 140 Å². The molecule has 0 spiro atoms. The van der Waals surface area contributed by atoms with Gasteiger partial charge in [0.2, 0.25) is 5.91 Å². The van der Waals surface area contributed by atoms with Crippen molar-refractivity contribution in [2.45, 2.75) is 12.8 Å². The molecule has 0 bridgehead atoms. The molecule has 0 fully saturated rings. The highest BCUT2D eigenvalue weighted by molar-refractivity contribution is 5.91. The molecule has 0 saturated heterocycles. The third kappa shape index (κ3) is 4.42. The monoisotopic (exact) mass is 321 g/mol. The van der Waals surface area contributed by atoms with Crippen molar-refractivity contribution in [3.05, 3.63) is 66.7 Å². The van der Waals surface area contributed by atoms with Gasteiger partial charge in [-0.1, -0.05) is 12.1 Å². The quantitative estimate of drug-likeness (QED) is 0.731. The molecule has 0 radical (unpaired) electrons. The molecule has 2 aromatic heterocycles. The highest BCUT2D eigenvalue weighted by Crippen LogP contribution is 2.19. The molecular formula is C18H19N5O. The molecule has 1 aromatic carbocycles. The minimum atomic E-state index is -0.0285. The largest absolute Gasteiger partial charge is 0.353 e. The first-order valence-corrected chi connectivity index (χ1v) is 7.74. The van der Waals surface area contributed by atoms with E-state index in [1.807, 2.05) is 55.7 Å². The highest BCUT2D eigenvalue weighted by atomic mass is 16.1. The molecule has 0 saturated carbocycles. The van der Waals surface area contributed by atoms with Crippen LogP contribution in [0, 0.1) is 0 Å². The van der Waals surface area contributed by atoms with Crippen LogP contribution in [0.3, 0.4) is 0 Å². The van der Waals surface area contributed by atoms with Gasteiger partial charge in [0.15, 0.2) is 0 Å². The Morgan fingerprint density at radius 2 is 2.00 bits per heavy atom. The summed E-state index contributed by atoms with van der Waals surface area (Å²) in [4.78, 5) is 16.3. The van der Waals surface area contributed by atoms with Gasteiger partial charge in [0.25, 0.3) is 0 Å². The fourth-order valence-corrected chi connectivity index (χ4v) is 2.34. The molecule has 122 valence electrons. The van der Waals surface area contributed by atoms with E-state index in [1.54, 1.807) is 17.1 Å². The van der Waals surface area contributed by atoms with E-state index >= 15 is 0 Å². The summed E-state index contributed by atoms with van der Waals surface area (Å²) in [6, 6.07) is 13.3. The zero-order valence-corrected chi connectivity index (χ0v) is 13.4. The first-order valence-electron chi connectivity index (χ1n) is 7.74. The van der Waals surface area contributed by atoms with Gasteiger partial charge in [-0.3, -0.25) is 14.5 Å². The lowest BCUT2D eigenvalue weighted by molar-refractivity contribution is -0.116. The Balaban J connectivity index is 1.56. The lowest BCUT2D eigenvalue weighted by atomic mass is 10.2. The van der Waals surface area contributed by atoms with Crippen molar-refractivity contribution in [3.63, 3.8) is 0 Å². The Kier molecular flexibility index (Phi) is 4.86. The van der Waals surface area contributed by atoms with Gasteiger partial charge in [-0.2, -0.15) is 5.10 Å². The van der Waals surface area contributed by atoms with Crippen LogP contribution in [-0.2, 0) is 18.3 Å². The summed E-state index contributed by atoms with van der Waals surface area (Å²) in [5.41, 5.74) is 3.47. The maximum absolute atomic E-state index is 12.1. The summed E-state index contributed by atoms with van der Waals surface area (Å²) in [7, 11) is 1.86. The SMILES string of the molecule is Cn1cc(Nc2cccc(NC(=O)CCc3ccccn3)c2)cn1. The van der Waals surface area contributed by atoms with Gasteiger partial charge in [-0.05, 0) is 36.8 Å². The molecule has 6 heteroatoms. The van der Waals surface area contributed by atoms with Crippen LogP contribution in [0.25, 0.3) is 0 Å². The second-order valence-electron chi connectivity index (χ2n) is 5.48. The number of hydrogen-bond acceptors (Lipinski definition) is 4. The van der Waals surface area contributed by atoms with Gasteiger partial charge < -0.3 is 10.6 Å². The predicted octanol–water partition coefficient (Wildman–Crippen LogP) is 3.13. The first kappa shape index (κ1) is 15.7. The number of aromatic nitrogens is 3. The predicted molar refractivity (Wildman–Crippen MR) is 94.1 cm³/mol. The second kappa shape index (κ2) is 7.41. The molecule has 2 heterocycles. The number of nitrogens with one attached hydrogen (secondary N) is 2. The van der Waals surface area contributed by atoms with Gasteiger partial charge >= 0.3 is 0 Å². The lowest BCUT2D eigenvalue weighted by Gasteiger charge is -2.08. The van der Waals surface area contributed by atoms with E-state index in [2.05, 4.69) is 20.7 Å². The van der Waals surface area contributed by atoms with E-state index in [0.29, 0.717) is 12.8 Å². The van der Waals surface area contributed by atoms with Crippen LogP contribution in [0.2, 0.25) is 0 Å². The molecule has 2 N–H and O–H groups in total. The van der Waals surface area contributed by atoms with E-state index in [-0.39, 0.29) is 5.91 Å². The van der Waals surface area contributed by atoms with Gasteiger partial charge in [0, 0.05) is 42.9 Å². The standard InChI is InChI=1S/C18H19N5O/c1-23-13-17(12-20-23)21-15-6-4-7-16(11-15)22-18(24)9-8-14-5-2-3-10-19-14/h2-7,10-13,21H,8-9H2,1H3,(H,22,24). The summed E-state index contributed by atoms with van der Waals surface area (Å²) >= 11 is 0. The average molecular weight is 321 g/mol. The minimum Gasteiger partial charge on any atom is -0.353 e. The Hall–Kier alpha value is -3.15. The molecule has 0 aliphatic carbocycles. The summed E-state index contributed by atoms with van der Waals surface area (Å²) < 4.78 is 1.73. The highest BCUT2D eigenvalue weighted by Gasteiger charge is 2.05. The zero-order valence-electron chi connectivity index (χ0n) is 13.4. The third-order valence-electron chi connectivity index (χ3n) is 3.47. The summed E-state index contributed by atoms with van der Waals surface area (Å²) in [5.74, 6) is -0.0285. The smallest absolute Gasteiger partial charge is 0.224 e. The van der Waals surface area contributed by atoms with E-state index < -0.39 is 0 Å². The molecule has 0 atom stereocenters. The van der Waals surface area contributed by atoms with Crippen LogP contribution in [0.4, 0.5) is 17.1 Å². The molecule has 0 aliphatic rings. The first-order chi connectivity index (χ1) is 11.7. The van der Waals surface area contributed by atoms with Gasteiger partial charge in [0.1, 0.15) is 0 Å². The topological polar surface area (TPSA) is 71.8 Å². The fourth-order valence-electron chi connectivity index (χ4n) is 2.34. The van der Waals surface area contributed by atoms with Crippen LogP contribution in [0.15, 0.2) is 61.1 Å². The summed E-state index contributed by atoms with van der Waals surface area (Å²) in [6.07, 6.45) is 6.40. The van der Waals surface area contributed by atoms with E-state index in [1.165, 1.54) is 0 Å². The number of aryl methyl sites for hydroxylation is 2. The van der Waals surface area contributed by atoms with Crippen LogP contribution in [0.1, 0.15) is 12.1 Å². The molecular weight excluding hydrogens is 302 g/mol. The lowest BCUT2D eigenvalue weighted by Crippen LogP contribution is -2.12. The number of anilines is 3. The summed E-state index contributed by atoms with van der Waals surface area (Å²) in [5, 5.41) is 10.3. The number of amides is 1. The number of hydrogen-bond donors (Lipinski definition) is 2. The second-order valence-corrected chi connectivity index (χ2v) is 5.48. The van der Waals surface area contributed by atoms with E-state index in [9.17, 15) is 4.79 Å². The minimum absolute atomic E-state index is 0.0285. The maximum Gasteiger partial charge on any atom is 0.224 e. The molecule has 1 amide bonds. The van der Waals surface area contributed by atoms with Crippen molar-refractivity contribution in [3.8, 4) is 0 Å². The van der Waals surface area contributed by atoms with Crippen molar-refractivity contribution in [1.82, 2.24) is 14.8 Å². The summed E-state index contributed by atoms with van der Waals surface area (Å²) in [6.45, 7) is 0. The van der Waals surface area contributed by atoms with Gasteiger partial charge in [-0.15, -0.1) is 0 Å². The van der Waals surface area contributed by atoms with Crippen LogP contribution < -0.4 is 10.6 Å². The number of carbonyl (C=O) groups excluding carboxylic acids is 1. The molecule has 6 nitrogen and oxygen atoms in total. The number of pyridine rings is 1. The Morgan fingerprint density at radius 3 is 2.75 bits per heavy atom. The number of carbonyl (C=O) groups is 1. The molecule has 24 heavy (non-hydrogen) atoms. The van der Waals surface area contributed by atoms with Crippen molar-refractivity contribution >= 4 is 23.0 Å². The number of nitrogens with zero attached hydrogens (tertiary/aromatic N) is 3. The van der Waals surface area contributed by atoms with Crippen LogP contribution in [0.5, 0.6) is 0 Å². The van der Waals surface area contributed by atoms with Gasteiger partial charge in [0.05, 0.1) is 11.9 Å². The third-order valence-corrected chi connectivity index (χ3v) is 3.47. The van der Waals surface area contributed by atoms with Crippen LogP contribution >= 0.6 is 0 Å². The van der Waals surface area contributed by atoms with E-state index in [0.717, 1.165) is 22.8 Å². The fraction of sp³-hybridized carbons (Fsp3) is 0.167. The Morgan fingerprint density at radius 1 is 1.12 bits per heavy atom. The normalized spacial score (nSPS) is 10.4. The maximum atomic E-state index is 12.1. The van der Waals surface area contributed by atoms with Crippen molar-refractivity contribution in [1.29, 1.82) is 0 Å². The van der Waals surface area contributed by atoms with Gasteiger partial charge in [-0.25, -0.2) is 0 Å². The molecule has 3 aromatic rings. The molecule has 0 aliphatic heterocycles. The van der Waals surface area contributed by atoms with Crippen LogP contribution in [-0.4, -0.2) is 20.7 Å². The van der Waals surface area contributed by atoms with Crippen molar-refractivity contribution in [2.24, 2.45) is 7.05 Å². The average Bonchev–Trinajstić information content (AvgIpc) is 2.99. The van der Waals surface area contributed by atoms with Crippen molar-refractivity contribution in [2.75, 3.05) is 10.6 Å². The molecule has 3 rings (SSSR count). The number of rotatable bonds is 6. The zero-order chi connectivity index (χ0) is 16.8. The Bertz CT molecular complexity index is 813. The van der Waals surface area contributed by atoms with E-state index in [4.69, 9.17) is 0 Å². The molecule has 0 unspecified atom stereocenters. The van der Waals surface area contributed by atoms with Crippen molar-refractivity contribution < 1.29 is 4.79 Å². The number of benzene rings is 1.